The number of ether oxygens (including phenoxy) is 1. The summed E-state index contributed by atoms with van der Waals surface area (Å²) in [6.07, 6.45) is -1.69. The van der Waals surface area contributed by atoms with Crippen molar-refractivity contribution in [2.75, 3.05) is 6.67 Å². The first-order valence-electron chi connectivity index (χ1n) is 3.31. The van der Waals surface area contributed by atoms with Gasteiger partial charge in [0.2, 0.25) is 0 Å². The second-order valence-corrected chi connectivity index (χ2v) is 2.43. The highest BCUT2D eigenvalue weighted by molar-refractivity contribution is 4.73. The number of alkyl halides is 1. The third-order valence-electron chi connectivity index (χ3n) is 1.62. The predicted octanol–water partition coefficient (Wildman–Crippen LogP) is -0.186. The predicted molar refractivity (Wildman–Crippen MR) is 32.1 cm³/mol. The molecule has 1 heterocycles. The molecule has 10 heavy (non-hydrogen) atoms. The van der Waals surface area contributed by atoms with E-state index < -0.39 is 25.2 Å². The van der Waals surface area contributed by atoms with Gasteiger partial charge in [0.15, 0.2) is 6.29 Å². The molecule has 1 fully saturated rings. The van der Waals surface area contributed by atoms with Crippen LogP contribution in [0.5, 0.6) is 0 Å². The van der Waals surface area contributed by atoms with E-state index in [0.717, 1.165) is 0 Å². The first-order chi connectivity index (χ1) is 4.74. The molecule has 0 radical (unpaired) electrons. The minimum Gasteiger partial charge on any atom is -0.390 e. The van der Waals surface area contributed by atoms with Crippen molar-refractivity contribution in [3.63, 3.8) is 0 Å². The number of hydrogen-bond donors (Lipinski definition) is 2. The molecule has 1 aliphatic rings. The fourth-order valence-corrected chi connectivity index (χ4v) is 0.999. The molecule has 2 N–H and O–H groups in total. The van der Waals surface area contributed by atoms with Crippen molar-refractivity contribution in [1.82, 2.24) is 0 Å². The molecular weight excluding hydrogens is 139 g/mol. The number of aliphatic hydroxyl groups excluding tert-OH is 2. The van der Waals surface area contributed by atoms with Gasteiger partial charge in [0.25, 0.3) is 0 Å². The molecule has 0 aromatic heterocycles. The number of rotatable bonds is 1. The maximum atomic E-state index is 11.9. The molecule has 3 atom stereocenters. The third kappa shape index (κ3) is 1.65. The van der Waals surface area contributed by atoms with Crippen LogP contribution < -0.4 is 0 Å². The van der Waals surface area contributed by atoms with E-state index in [1.54, 1.807) is 0 Å². The molecule has 0 aromatic rings. The van der Waals surface area contributed by atoms with E-state index in [9.17, 15) is 4.39 Å². The molecule has 60 valence electrons. The van der Waals surface area contributed by atoms with E-state index in [4.69, 9.17) is 10.2 Å². The maximum Gasteiger partial charge on any atom is 0.155 e. The summed E-state index contributed by atoms with van der Waals surface area (Å²) in [4.78, 5) is 0. The number of hydrogen-bond acceptors (Lipinski definition) is 3. The molecule has 0 aromatic carbocycles. The van der Waals surface area contributed by atoms with Gasteiger partial charge in [0.05, 0.1) is 6.10 Å². The smallest absolute Gasteiger partial charge is 0.155 e. The Bertz CT molecular complexity index is 109. The van der Waals surface area contributed by atoms with E-state index in [-0.39, 0.29) is 0 Å². The van der Waals surface area contributed by atoms with E-state index in [1.165, 1.54) is 0 Å². The van der Waals surface area contributed by atoms with Gasteiger partial charge < -0.3 is 14.9 Å². The Kier molecular flexibility index (Phi) is 2.59. The first kappa shape index (κ1) is 7.91. The maximum absolute atomic E-state index is 11.9. The van der Waals surface area contributed by atoms with Gasteiger partial charge in [-0.25, -0.2) is 4.39 Å². The van der Waals surface area contributed by atoms with Crippen molar-refractivity contribution < 1.29 is 19.3 Å². The summed E-state index contributed by atoms with van der Waals surface area (Å²) in [7, 11) is 0. The van der Waals surface area contributed by atoms with Crippen LogP contribution in [0.4, 0.5) is 4.39 Å². The summed E-state index contributed by atoms with van der Waals surface area (Å²) < 4.78 is 16.6. The SMILES string of the molecule is O[C@@H]1CC[C@@H](O)[C@H](CF)O1. The second-order valence-electron chi connectivity index (χ2n) is 2.43. The third-order valence-corrected chi connectivity index (χ3v) is 1.62. The molecule has 1 saturated heterocycles. The summed E-state index contributed by atoms with van der Waals surface area (Å²) in [5, 5.41) is 17.8. The van der Waals surface area contributed by atoms with Gasteiger partial charge in [-0.15, -0.1) is 0 Å². The molecular formula is C6H11FO3. The summed E-state index contributed by atoms with van der Waals surface area (Å²) in [5.41, 5.74) is 0. The minimum atomic E-state index is -0.899. The van der Waals surface area contributed by atoms with E-state index in [1.807, 2.05) is 0 Å². The van der Waals surface area contributed by atoms with Crippen molar-refractivity contribution in [3.05, 3.63) is 0 Å². The molecule has 0 amide bonds. The zero-order valence-electron chi connectivity index (χ0n) is 5.53. The lowest BCUT2D eigenvalue weighted by Gasteiger charge is -2.29. The molecule has 1 rings (SSSR count). The van der Waals surface area contributed by atoms with Gasteiger partial charge >= 0.3 is 0 Å². The highest BCUT2D eigenvalue weighted by Crippen LogP contribution is 2.17. The van der Waals surface area contributed by atoms with E-state index in [2.05, 4.69) is 4.74 Å². The van der Waals surface area contributed by atoms with Gasteiger partial charge in [-0.3, -0.25) is 0 Å². The van der Waals surface area contributed by atoms with Crippen molar-refractivity contribution in [2.24, 2.45) is 0 Å². The lowest BCUT2D eigenvalue weighted by atomic mass is 10.1. The Morgan fingerprint density at radius 1 is 1.40 bits per heavy atom. The molecule has 3 nitrogen and oxygen atoms in total. The Hall–Kier alpha value is -0.190. The average molecular weight is 150 g/mol. The molecule has 0 bridgehead atoms. The van der Waals surface area contributed by atoms with Crippen LogP contribution in [0.25, 0.3) is 0 Å². The van der Waals surface area contributed by atoms with E-state index >= 15 is 0 Å². The monoisotopic (exact) mass is 150 g/mol. The topological polar surface area (TPSA) is 49.7 Å². The second kappa shape index (κ2) is 3.27. The fourth-order valence-electron chi connectivity index (χ4n) is 0.999. The van der Waals surface area contributed by atoms with Crippen LogP contribution in [0.3, 0.4) is 0 Å². The normalized spacial score (nSPS) is 41.7. The standard InChI is InChI=1S/C6H11FO3/c7-3-5-4(8)1-2-6(9)10-5/h4-6,8-9H,1-3H2/t4-,5+,6+/m1/s1. The minimum absolute atomic E-state index is 0.387. The Morgan fingerprint density at radius 3 is 2.60 bits per heavy atom. The van der Waals surface area contributed by atoms with E-state index in [0.29, 0.717) is 12.8 Å². The fraction of sp³-hybridized carbons (Fsp3) is 1.00. The Balaban J connectivity index is 2.38. The van der Waals surface area contributed by atoms with Gasteiger partial charge in [0.1, 0.15) is 12.8 Å². The zero-order chi connectivity index (χ0) is 7.56. The lowest BCUT2D eigenvalue weighted by Crippen LogP contribution is -2.40. The molecule has 4 heteroatoms. The average Bonchev–Trinajstić information content (AvgIpc) is 1.94. The number of aliphatic hydroxyl groups is 2. The summed E-state index contributed by atoms with van der Waals surface area (Å²) in [5.74, 6) is 0. The van der Waals surface area contributed by atoms with Crippen LogP contribution in [0, 0.1) is 0 Å². The molecule has 1 aliphatic heterocycles. The first-order valence-corrected chi connectivity index (χ1v) is 3.31. The molecule has 0 saturated carbocycles. The van der Waals surface area contributed by atoms with Crippen LogP contribution in [0.2, 0.25) is 0 Å². The largest absolute Gasteiger partial charge is 0.390 e. The van der Waals surface area contributed by atoms with Gasteiger partial charge in [-0.1, -0.05) is 0 Å². The van der Waals surface area contributed by atoms with Gasteiger partial charge in [-0.05, 0) is 6.42 Å². The lowest BCUT2D eigenvalue weighted by molar-refractivity contribution is -0.202. The van der Waals surface area contributed by atoms with Crippen LogP contribution >= 0.6 is 0 Å². The van der Waals surface area contributed by atoms with Crippen molar-refractivity contribution in [2.45, 2.75) is 31.3 Å². The summed E-state index contributed by atoms with van der Waals surface area (Å²) in [6.45, 7) is -0.738. The van der Waals surface area contributed by atoms with Crippen LogP contribution in [-0.2, 0) is 4.74 Å². The Morgan fingerprint density at radius 2 is 2.10 bits per heavy atom. The van der Waals surface area contributed by atoms with Crippen molar-refractivity contribution >= 4 is 0 Å². The van der Waals surface area contributed by atoms with Crippen LogP contribution in [0.1, 0.15) is 12.8 Å². The van der Waals surface area contributed by atoms with Gasteiger partial charge in [-0.2, -0.15) is 0 Å². The highest BCUT2D eigenvalue weighted by Gasteiger charge is 2.28. The number of halogens is 1. The summed E-state index contributed by atoms with van der Waals surface area (Å²) in [6, 6.07) is 0. The quantitative estimate of drug-likeness (QED) is 0.545. The van der Waals surface area contributed by atoms with Crippen LogP contribution in [0.15, 0.2) is 0 Å². The zero-order valence-corrected chi connectivity index (χ0v) is 5.53. The van der Waals surface area contributed by atoms with Crippen molar-refractivity contribution in [1.29, 1.82) is 0 Å². The molecule has 0 spiro atoms. The summed E-state index contributed by atoms with van der Waals surface area (Å²) >= 11 is 0. The molecule has 0 unspecified atom stereocenters. The van der Waals surface area contributed by atoms with Crippen LogP contribution in [-0.4, -0.2) is 35.4 Å². The highest BCUT2D eigenvalue weighted by atomic mass is 19.1. The molecule has 0 aliphatic carbocycles. The Labute approximate surface area is 58.4 Å². The van der Waals surface area contributed by atoms with Crippen molar-refractivity contribution in [3.8, 4) is 0 Å². The van der Waals surface area contributed by atoms with Gasteiger partial charge in [0, 0.05) is 6.42 Å².